The second-order valence-electron chi connectivity index (χ2n) is 5.04. The molecule has 2 bridgehead atoms. The van der Waals surface area contributed by atoms with Crippen molar-refractivity contribution in [3.8, 4) is 0 Å². The summed E-state index contributed by atoms with van der Waals surface area (Å²) in [5.41, 5.74) is 0. The van der Waals surface area contributed by atoms with Crippen LogP contribution < -0.4 is 5.32 Å². The van der Waals surface area contributed by atoms with Crippen LogP contribution in [0.1, 0.15) is 25.7 Å². The predicted octanol–water partition coefficient (Wildman–Crippen LogP) is 2.93. The van der Waals surface area contributed by atoms with Crippen LogP contribution in [-0.2, 0) is 0 Å². The van der Waals surface area contributed by atoms with Gasteiger partial charge in [0.1, 0.15) is 0 Å². The van der Waals surface area contributed by atoms with Crippen molar-refractivity contribution in [3.05, 3.63) is 16.0 Å². The van der Waals surface area contributed by atoms with Crippen molar-refractivity contribution >= 4 is 28.5 Å². The average Bonchev–Trinajstić information content (AvgIpc) is 2.90. The van der Waals surface area contributed by atoms with Crippen molar-refractivity contribution in [3.63, 3.8) is 0 Å². The van der Waals surface area contributed by atoms with Gasteiger partial charge in [0.2, 0.25) is 5.95 Å². The normalized spacial score (nSPS) is 31.9. The molecule has 0 saturated heterocycles. The van der Waals surface area contributed by atoms with E-state index in [2.05, 4.69) is 37.9 Å². The van der Waals surface area contributed by atoms with Crippen molar-refractivity contribution in [1.82, 2.24) is 9.97 Å². The van der Waals surface area contributed by atoms with Crippen molar-refractivity contribution in [2.75, 3.05) is 11.9 Å². The molecule has 3 atom stereocenters. The first kappa shape index (κ1) is 10.7. The van der Waals surface area contributed by atoms with Gasteiger partial charge >= 0.3 is 0 Å². The summed E-state index contributed by atoms with van der Waals surface area (Å²) in [5.74, 6) is 3.64. The van der Waals surface area contributed by atoms with Crippen LogP contribution in [0.2, 0.25) is 0 Å². The molecule has 1 aromatic rings. The fraction of sp³-hybridized carbons (Fsp3) is 0.667. The van der Waals surface area contributed by atoms with Gasteiger partial charge in [-0.25, -0.2) is 9.97 Å². The van der Waals surface area contributed by atoms with Crippen LogP contribution in [0.25, 0.3) is 0 Å². The predicted molar refractivity (Wildman–Crippen MR) is 72.2 cm³/mol. The standard InChI is InChI=1S/C12H16IN3/c13-11-6-15-12(16-7-11)14-5-10-4-8-1-2-9(10)3-8/h6-10H,1-5H2,(H,14,15,16). The highest BCUT2D eigenvalue weighted by atomic mass is 127. The first-order valence-electron chi connectivity index (χ1n) is 6.02. The molecule has 4 heteroatoms. The number of hydrogen-bond acceptors (Lipinski definition) is 3. The van der Waals surface area contributed by atoms with Crippen molar-refractivity contribution in [2.45, 2.75) is 25.7 Å². The Morgan fingerprint density at radius 3 is 2.69 bits per heavy atom. The minimum atomic E-state index is 0.781. The van der Waals surface area contributed by atoms with Crippen LogP contribution in [0.3, 0.4) is 0 Å². The van der Waals surface area contributed by atoms with Gasteiger partial charge in [0.25, 0.3) is 0 Å². The maximum atomic E-state index is 4.27. The zero-order valence-corrected chi connectivity index (χ0v) is 11.4. The number of anilines is 1. The number of halogens is 1. The summed E-state index contributed by atoms with van der Waals surface area (Å²) in [6.07, 6.45) is 9.53. The van der Waals surface area contributed by atoms with Crippen molar-refractivity contribution in [1.29, 1.82) is 0 Å². The molecule has 1 aromatic heterocycles. The third-order valence-corrected chi connectivity index (χ3v) is 4.58. The Labute approximate surface area is 110 Å². The summed E-state index contributed by atoms with van der Waals surface area (Å²) < 4.78 is 1.09. The fourth-order valence-corrected chi connectivity index (χ4v) is 3.53. The molecule has 0 spiro atoms. The van der Waals surface area contributed by atoms with Gasteiger partial charge in [-0.05, 0) is 59.6 Å². The third kappa shape index (κ3) is 2.17. The molecule has 16 heavy (non-hydrogen) atoms. The van der Waals surface area contributed by atoms with Gasteiger partial charge in [0.05, 0.1) is 0 Å². The monoisotopic (exact) mass is 329 g/mol. The lowest BCUT2D eigenvalue weighted by molar-refractivity contribution is 0.348. The van der Waals surface area contributed by atoms with E-state index in [1.54, 1.807) is 0 Å². The van der Waals surface area contributed by atoms with E-state index < -0.39 is 0 Å². The molecule has 3 rings (SSSR count). The molecular weight excluding hydrogens is 313 g/mol. The minimum absolute atomic E-state index is 0.781. The van der Waals surface area contributed by atoms with Gasteiger partial charge in [-0.3, -0.25) is 0 Å². The first-order valence-corrected chi connectivity index (χ1v) is 7.10. The van der Waals surface area contributed by atoms with Crippen LogP contribution in [0.15, 0.2) is 12.4 Å². The third-order valence-electron chi connectivity index (χ3n) is 4.03. The number of fused-ring (bicyclic) bond motifs is 2. The lowest BCUT2D eigenvalue weighted by atomic mass is 9.89. The second kappa shape index (κ2) is 4.47. The maximum Gasteiger partial charge on any atom is 0.222 e. The zero-order chi connectivity index (χ0) is 11.0. The largest absolute Gasteiger partial charge is 0.354 e. The highest BCUT2D eigenvalue weighted by Crippen LogP contribution is 2.48. The lowest BCUT2D eigenvalue weighted by Gasteiger charge is -2.21. The minimum Gasteiger partial charge on any atom is -0.354 e. The Morgan fingerprint density at radius 2 is 2.06 bits per heavy atom. The topological polar surface area (TPSA) is 37.8 Å². The van der Waals surface area contributed by atoms with Crippen molar-refractivity contribution in [2.24, 2.45) is 17.8 Å². The Morgan fingerprint density at radius 1 is 1.25 bits per heavy atom. The number of aromatic nitrogens is 2. The molecule has 3 unspecified atom stereocenters. The maximum absolute atomic E-state index is 4.27. The SMILES string of the molecule is Ic1cnc(NCC2CC3CCC2C3)nc1. The van der Waals surface area contributed by atoms with E-state index in [0.29, 0.717) is 0 Å². The van der Waals surface area contributed by atoms with Crippen LogP contribution in [0.5, 0.6) is 0 Å². The van der Waals surface area contributed by atoms with E-state index >= 15 is 0 Å². The quantitative estimate of drug-likeness (QED) is 0.867. The molecule has 86 valence electrons. The fourth-order valence-electron chi connectivity index (χ4n) is 3.25. The number of rotatable bonds is 3. The van der Waals surface area contributed by atoms with E-state index in [1.165, 1.54) is 25.7 Å². The van der Waals surface area contributed by atoms with E-state index in [9.17, 15) is 0 Å². The number of nitrogens with one attached hydrogen (secondary N) is 1. The van der Waals surface area contributed by atoms with Crippen LogP contribution >= 0.6 is 22.6 Å². The van der Waals surface area contributed by atoms with Gasteiger partial charge in [-0.15, -0.1) is 0 Å². The van der Waals surface area contributed by atoms with Gasteiger partial charge in [0, 0.05) is 22.5 Å². The van der Waals surface area contributed by atoms with Gasteiger partial charge in [0.15, 0.2) is 0 Å². The molecule has 0 amide bonds. The zero-order valence-electron chi connectivity index (χ0n) is 9.19. The van der Waals surface area contributed by atoms with Crippen LogP contribution in [0.4, 0.5) is 5.95 Å². The van der Waals surface area contributed by atoms with Gasteiger partial charge in [-0.2, -0.15) is 0 Å². The average molecular weight is 329 g/mol. The van der Waals surface area contributed by atoms with Gasteiger partial charge < -0.3 is 5.32 Å². The Kier molecular flexibility index (Phi) is 3.00. The molecule has 2 saturated carbocycles. The molecule has 0 aromatic carbocycles. The second-order valence-corrected chi connectivity index (χ2v) is 6.29. The summed E-state index contributed by atoms with van der Waals surface area (Å²) in [4.78, 5) is 8.54. The van der Waals surface area contributed by atoms with Crippen molar-refractivity contribution < 1.29 is 0 Å². The molecule has 0 aliphatic heterocycles. The molecule has 2 fully saturated rings. The Balaban J connectivity index is 1.55. The number of nitrogens with zero attached hydrogens (tertiary/aromatic N) is 2. The van der Waals surface area contributed by atoms with E-state index in [0.717, 1.165) is 33.8 Å². The lowest BCUT2D eigenvalue weighted by Crippen LogP contribution is -2.20. The molecule has 2 aliphatic carbocycles. The molecule has 2 aliphatic rings. The summed E-state index contributed by atoms with van der Waals surface area (Å²) in [7, 11) is 0. The van der Waals surface area contributed by atoms with E-state index in [1.807, 2.05) is 12.4 Å². The molecule has 1 N–H and O–H groups in total. The Hall–Kier alpha value is -0.390. The van der Waals surface area contributed by atoms with E-state index in [-0.39, 0.29) is 0 Å². The van der Waals surface area contributed by atoms with Crippen LogP contribution in [0, 0.1) is 21.3 Å². The molecular formula is C12H16IN3. The smallest absolute Gasteiger partial charge is 0.222 e. The summed E-state index contributed by atoms with van der Waals surface area (Å²) in [6.45, 7) is 1.06. The van der Waals surface area contributed by atoms with Gasteiger partial charge in [-0.1, -0.05) is 6.42 Å². The van der Waals surface area contributed by atoms with E-state index in [4.69, 9.17) is 0 Å². The van der Waals surface area contributed by atoms with Crippen LogP contribution in [-0.4, -0.2) is 16.5 Å². The summed E-state index contributed by atoms with van der Waals surface area (Å²) in [5, 5.41) is 3.37. The molecule has 3 nitrogen and oxygen atoms in total. The summed E-state index contributed by atoms with van der Waals surface area (Å²) >= 11 is 2.23. The molecule has 0 radical (unpaired) electrons. The highest BCUT2D eigenvalue weighted by Gasteiger charge is 2.39. The summed E-state index contributed by atoms with van der Waals surface area (Å²) in [6, 6.07) is 0. The first-order chi connectivity index (χ1) is 7.81. The number of hydrogen-bond donors (Lipinski definition) is 1. The molecule has 1 heterocycles. The Bertz CT molecular complexity index is 365. The highest BCUT2D eigenvalue weighted by molar-refractivity contribution is 14.1.